The van der Waals surface area contributed by atoms with Crippen molar-refractivity contribution >= 4 is 46.0 Å². The van der Waals surface area contributed by atoms with Gasteiger partial charge in [0.2, 0.25) is 5.78 Å². The number of thioether (sulfide) groups is 1. The van der Waals surface area contributed by atoms with Crippen molar-refractivity contribution in [2.24, 2.45) is 7.05 Å². The molecule has 142 valence electrons. The molecule has 0 atom stereocenters. The van der Waals surface area contributed by atoms with Crippen LogP contribution < -0.4 is 5.56 Å². The zero-order valence-corrected chi connectivity index (χ0v) is 16.4. The van der Waals surface area contributed by atoms with Crippen LogP contribution in [0.5, 0.6) is 0 Å². The summed E-state index contributed by atoms with van der Waals surface area (Å²) in [4.78, 5) is 25.4. The fourth-order valence-corrected chi connectivity index (χ4v) is 3.91. The lowest BCUT2D eigenvalue weighted by atomic mass is 10.2. The maximum Gasteiger partial charge on any atom is 0.316 e. The topological polar surface area (TPSA) is 78.5 Å². The summed E-state index contributed by atoms with van der Waals surface area (Å²) < 4.78 is 8.51. The quantitative estimate of drug-likeness (QED) is 0.369. The number of rotatable bonds is 5. The van der Waals surface area contributed by atoms with Gasteiger partial charge in [0.05, 0.1) is 21.7 Å². The number of aromatic nitrogens is 4. The molecule has 0 bridgehead atoms. The number of nitrogens with zero attached hydrogens (tertiary/aromatic N) is 4. The number of hydrogen-bond acceptors (Lipinski definition) is 6. The second kappa shape index (κ2) is 7.65. The molecule has 9 heteroatoms. The van der Waals surface area contributed by atoms with E-state index in [4.69, 9.17) is 16.3 Å². The molecule has 2 aromatic heterocycles. The van der Waals surface area contributed by atoms with Gasteiger partial charge in [0.25, 0.3) is 5.56 Å². The van der Waals surface area contributed by atoms with Crippen molar-refractivity contribution in [1.82, 2.24) is 19.2 Å². The lowest BCUT2D eigenvalue weighted by Gasteiger charge is -2.08. The Balaban J connectivity index is 1.55. The van der Waals surface area contributed by atoms with Gasteiger partial charge in [-0.15, -0.1) is 22.0 Å². The largest absolute Gasteiger partial charge is 0.457 e. The minimum absolute atomic E-state index is 0.0503. The van der Waals surface area contributed by atoms with Crippen LogP contribution in [0.4, 0.5) is 0 Å². The molecule has 28 heavy (non-hydrogen) atoms. The summed E-state index contributed by atoms with van der Waals surface area (Å²) in [5, 5.41) is 9.31. The average molecular weight is 415 g/mol. The molecule has 0 spiro atoms. The third-order valence-corrected chi connectivity index (χ3v) is 5.73. The molecule has 0 aliphatic rings. The Labute approximate surface area is 168 Å². The summed E-state index contributed by atoms with van der Waals surface area (Å²) in [6, 6.07) is 14.5. The van der Waals surface area contributed by atoms with Gasteiger partial charge >= 0.3 is 5.97 Å². The van der Waals surface area contributed by atoms with Gasteiger partial charge in [-0.05, 0) is 24.3 Å². The second-order valence-electron chi connectivity index (χ2n) is 6.01. The highest BCUT2D eigenvalue weighted by molar-refractivity contribution is 8.00. The summed E-state index contributed by atoms with van der Waals surface area (Å²) in [6.07, 6.45) is 0. The molecule has 0 radical (unpaired) electrons. The van der Waals surface area contributed by atoms with E-state index in [-0.39, 0.29) is 17.9 Å². The van der Waals surface area contributed by atoms with E-state index in [1.807, 2.05) is 30.3 Å². The molecular formula is C19H15ClN4O3S. The number of ether oxygens (including phenoxy) is 1. The van der Waals surface area contributed by atoms with Crippen molar-refractivity contribution in [3.63, 3.8) is 0 Å². The monoisotopic (exact) mass is 414 g/mol. The van der Waals surface area contributed by atoms with E-state index in [1.54, 1.807) is 29.6 Å². The lowest BCUT2D eigenvalue weighted by Crippen LogP contribution is -2.20. The molecule has 2 heterocycles. The van der Waals surface area contributed by atoms with Gasteiger partial charge < -0.3 is 4.74 Å². The van der Waals surface area contributed by atoms with E-state index in [0.717, 1.165) is 4.90 Å². The second-order valence-corrected chi connectivity index (χ2v) is 7.44. The summed E-state index contributed by atoms with van der Waals surface area (Å²) >= 11 is 7.40. The predicted molar refractivity (Wildman–Crippen MR) is 108 cm³/mol. The van der Waals surface area contributed by atoms with Crippen molar-refractivity contribution in [2.45, 2.75) is 11.5 Å². The van der Waals surface area contributed by atoms with Gasteiger partial charge in [0.15, 0.2) is 12.4 Å². The number of para-hydroxylation sites is 1. The van der Waals surface area contributed by atoms with Crippen LogP contribution in [-0.4, -0.2) is 30.9 Å². The number of carbonyl (C=O) groups is 1. The number of aryl methyl sites for hydroxylation is 1. The van der Waals surface area contributed by atoms with Crippen LogP contribution in [0.15, 0.2) is 58.2 Å². The van der Waals surface area contributed by atoms with Crippen molar-refractivity contribution < 1.29 is 9.53 Å². The van der Waals surface area contributed by atoms with Crippen molar-refractivity contribution in [1.29, 1.82) is 0 Å². The van der Waals surface area contributed by atoms with Crippen LogP contribution in [0.2, 0.25) is 5.02 Å². The third-order valence-electron chi connectivity index (χ3n) is 4.24. The molecule has 0 amide bonds. The van der Waals surface area contributed by atoms with Crippen LogP contribution in [0, 0.1) is 0 Å². The number of halogens is 1. The molecule has 0 aliphatic heterocycles. The molecule has 7 nitrogen and oxygen atoms in total. The van der Waals surface area contributed by atoms with Crippen molar-refractivity contribution in [2.75, 3.05) is 5.75 Å². The Kier molecular flexibility index (Phi) is 5.06. The number of carbonyl (C=O) groups excluding carboxylic acids is 1. The van der Waals surface area contributed by atoms with E-state index in [1.165, 1.54) is 16.3 Å². The number of esters is 1. The Morgan fingerprint density at radius 3 is 2.71 bits per heavy atom. The minimum atomic E-state index is -0.393. The van der Waals surface area contributed by atoms with E-state index in [0.29, 0.717) is 27.5 Å². The van der Waals surface area contributed by atoms with Gasteiger partial charge in [-0.1, -0.05) is 35.9 Å². The molecule has 0 saturated heterocycles. The molecule has 4 rings (SSSR count). The maximum atomic E-state index is 12.4. The van der Waals surface area contributed by atoms with Crippen LogP contribution in [-0.2, 0) is 23.2 Å². The Bertz CT molecular complexity index is 1250. The van der Waals surface area contributed by atoms with Gasteiger partial charge in [-0.25, -0.2) is 0 Å². The smallest absolute Gasteiger partial charge is 0.316 e. The molecule has 0 N–H and O–H groups in total. The van der Waals surface area contributed by atoms with Crippen LogP contribution >= 0.6 is 23.4 Å². The van der Waals surface area contributed by atoms with Crippen LogP contribution in [0.1, 0.15) is 5.82 Å². The van der Waals surface area contributed by atoms with Crippen LogP contribution in [0.25, 0.3) is 16.7 Å². The fraction of sp³-hybridized carbons (Fsp3) is 0.158. The molecule has 2 aromatic carbocycles. The molecule has 4 aromatic rings. The standard InChI is InChI=1S/C19H15ClN4O3S/c1-23-18(26)12-6-2-4-8-14(12)24-16(21-22-19(23)24)10-27-17(25)11-28-15-9-5-3-7-13(15)20/h2-9H,10-11H2,1H3. The first kappa shape index (κ1) is 18.5. The summed E-state index contributed by atoms with van der Waals surface area (Å²) in [6.45, 7) is -0.0503. The Morgan fingerprint density at radius 1 is 1.14 bits per heavy atom. The first-order valence-electron chi connectivity index (χ1n) is 8.41. The van der Waals surface area contributed by atoms with E-state index in [2.05, 4.69) is 10.2 Å². The zero-order chi connectivity index (χ0) is 19.7. The predicted octanol–water partition coefficient (Wildman–Crippen LogP) is 3.07. The fourth-order valence-electron chi connectivity index (χ4n) is 2.87. The number of hydrogen-bond donors (Lipinski definition) is 0. The minimum Gasteiger partial charge on any atom is -0.457 e. The molecule has 0 fully saturated rings. The van der Waals surface area contributed by atoms with Crippen molar-refractivity contribution in [3.05, 3.63) is 69.7 Å². The lowest BCUT2D eigenvalue weighted by molar-refractivity contribution is -0.141. The summed E-state index contributed by atoms with van der Waals surface area (Å²) in [7, 11) is 1.63. The van der Waals surface area contributed by atoms with E-state index >= 15 is 0 Å². The van der Waals surface area contributed by atoms with Gasteiger partial charge in [-0.3, -0.25) is 18.6 Å². The highest BCUT2D eigenvalue weighted by Crippen LogP contribution is 2.26. The summed E-state index contributed by atoms with van der Waals surface area (Å²) in [5.41, 5.74) is 0.511. The Morgan fingerprint density at radius 2 is 1.89 bits per heavy atom. The van der Waals surface area contributed by atoms with E-state index in [9.17, 15) is 9.59 Å². The maximum absolute atomic E-state index is 12.4. The first-order valence-corrected chi connectivity index (χ1v) is 9.77. The first-order chi connectivity index (χ1) is 13.6. The number of fused-ring (bicyclic) bond motifs is 3. The normalized spacial score (nSPS) is 11.2. The molecular weight excluding hydrogens is 400 g/mol. The van der Waals surface area contributed by atoms with Gasteiger partial charge in [0.1, 0.15) is 0 Å². The highest BCUT2D eigenvalue weighted by Gasteiger charge is 2.16. The SMILES string of the molecule is Cn1c(=O)c2ccccc2n2c(COC(=O)CSc3ccccc3Cl)nnc12. The average Bonchev–Trinajstić information content (AvgIpc) is 3.14. The molecule has 0 aliphatic carbocycles. The third kappa shape index (κ3) is 3.36. The van der Waals surface area contributed by atoms with Crippen LogP contribution in [0.3, 0.4) is 0 Å². The van der Waals surface area contributed by atoms with Gasteiger partial charge in [0, 0.05) is 11.9 Å². The molecule has 0 saturated carbocycles. The summed E-state index contributed by atoms with van der Waals surface area (Å²) in [5.74, 6) is 0.563. The zero-order valence-electron chi connectivity index (χ0n) is 14.8. The van der Waals surface area contributed by atoms with Crippen molar-refractivity contribution in [3.8, 4) is 0 Å². The highest BCUT2D eigenvalue weighted by atomic mass is 35.5. The molecule has 0 unspecified atom stereocenters. The number of benzene rings is 2. The van der Waals surface area contributed by atoms with Gasteiger partial charge in [-0.2, -0.15) is 0 Å². The Hall–Kier alpha value is -2.84. The van der Waals surface area contributed by atoms with E-state index < -0.39 is 5.97 Å².